The lowest BCUT2D eigenvalue weighted by Crippen LogP contribution is -2.41. The molecule has 2 N–H and O–H groups in total. The second-order valence-electron chi connectivity index (χ2n) is 6.78. The van der Waals surface area contributed by atoms with Crippen molar-refractivity contribution in [3.8, 4) is 0 Å². The fourth-order valence-electron chi connectivity index (χ4n) is 2.79. The average molecular weight is 538 g/mol. The fraction of sp³-hybridized carbons (Fsp3) is 0.421. The van der Waals surface area contributed by atoms with E-state index >= 15 is 0 Å². The van der Waals surface area contributed by atoms with Crippen molar-refractivity contribution in [2.24, 2.45) is 4.99 Å². The lowest BCUT2D eigenvalue weighted by Gasteiger charge is -2.24. The molecule has 0 amide bonds. The number of likely N-dealkylation sites (N-methyl/N-ethyl adjacent to an activating group) is 1. The third-order valence-corrected chi connectivity index (χ3v) is 5.05. The van der Waals surface area contributed by atoms with Gasteiger partial charge in [0.15, 0.2) is 15.8 Å². The maximum Gasteiger partial charge on any atom is 0.191 e. The zero-order valence-electron chi connectivity index (χ0n) is 17.0. The predicted octanol–water partition coefficient (Wildman–Crippen LogP) is 2.55. The SMILES string of the molecule is CN=C(NCc1cc(F)ccc1CS(C)(=O)=O)NCC(c1ccco1)N(C)C.I. The van der Waals surface area contributed by atoms with E-state index in [0.717, 1.165) is 12.0 Å². The Hall–Kier alpha value is -1.66. The van der Waals surface area contributed by atoms with Crippen LogP contribution in [0.4, 0.5) is 4.39 Å². The van der Waals surface area contributed by atoms with Crippen LogP contribution in [0.2, 0.25) is 0 Å². The van der Waals surface area contributed by atoms with Gasteiger partial charge in [-0.3, -0.25) is 9.89 Å². The summed E-state index contributed by atoms with van der Waals surface area (Å²) in [6.45, 7) is 0.787. The first-order valence-electron chi connectivity index (χ1n) is 8.79. The molecule has 1 atom stereocenters. The van der Waals surface area contributed by atoms with E-state index in [2.05, 4.69) is 15.6 Å². The van der Waals surface area contributed by atoms with E-state index < -0.39 is 15.7 Å². The maximum atomic E-state index is 13.6. The molecule has 1 heterocycles. The first kappa shape index (κ1) is 25.4. The van der Waals surface area contributed by atoms with Gasteiger partial charge in [0.05, 0.1) is 18.1 Å². The third-order valence-electron chi connectivity index (χ3n) is 4.21. The summed E-state index contributed by atoms with van der Waals surface area (Å²) in [5.74, 6) is 0.793. The smallest absolute Gasteiger partial charge is 0.191 e. The van der Waals surface area contributed by atoms with Crippen LogP contribution in [0.1, 0.15) is 22.9 Å². The van der Waals surface area contributed by atoms with Crippen molar-refractivity contribution in [2.75, 3.05) is 33.9 Å². The van der Waals surface area contributed by atoms with Crippen LogP contribution in [0.15, 0.2) is 46.0 Å². The number of guanidine groups is 1. The van der Waals surface area contributed by atoms with Crippen LogP contribution in [0.3, 0.4) is 0 Å². The standard InChI is InChI=1S/C19H27FN4O3S.HI/c1-21-19(23-12-17(24(2)3)18-6-5-9-27-18)22-11-15-10-16(20)8-7-14(15)13-28(4,25)26;/h5-10,17H,11-13H2,1-4H3,(H2,21,22,23);1H. The van der Waals surface area contributed by atoms with Crippen LogP contribution >= 0.6 is 24.0 Å². The molecule has 10 heteroatoms. The van der Waals surface area contributed by atoms with Gasteiger partial charge in [-0.25, -0.2) is 12.8 Å². The van der Waals surface area contributed by atoms with E-state index in [1.165, 1.54) is 18.2 Å². The van der Waals surface area contributed by atoms with Crippen molar-refractivity contribution in [3.63, 3.8) is 0 Å². The van der Waals surface area contributed by atoms with Crippen LogP contribution in [0.5, 0.6) is 0 Å². The van der Waals surface area contributed by atoms with Crippen molar-refractivity contribution in [1.82, 2.24) is 15.5 Å². The van der Waals surface area contributed by atoms with Gasteiger partial charge in [-0.2, -0.15) is 0 Å². The van der Waals surface area contributed by atoms with Gasteiger partial charge in [0.25, 0.3) is 0 Å². The molecule has 0 saturated carbocycles. The van der Waals surface area contributed by atoms with Gasteiger partial charge in [-0.05, 0) is 49.5 Å². The summed E-state index contributed by atoms with van der Waals surface area (Å²) in [5.41, 5.74) is 1.14. The highest BCUT2D eigenvalue weighted by atomic mass is 127. The highest BCUT2D eigenvalue weighted by molar-refractivity contribution is 14.0. The van der Waals surface area contributed by atoms with Crippen molar-refractivity contribution < 1.29 is 17.2 Å². The molecular weight excluding hydrogens is 510 g/mol. The van der Waals surface area contributed by atoms with E-state index in [9.17, 15) is 12.8 Å². The molecule has 2 rings (SSSR count). The number of benzene rings is 1. The van der Waals surface area contributed by atoms with Gasteiger partial charge < -0.3 is 15.1 Å². The van der Waals surface area contributed by atoms with Gasteiger partial charge in [-0.15, -0.1) is 24.0 Å². The summed E-state index contributed by atoms with van der Waals surface area (Å²) in [6, 6.07) is 7.86. The number of aliphatic imine (C=N–C) groups is 1. The molecule has 162 valence electrons. The molecule has 0 fully saturated rings. The van der Waals surface area contributed by atoms with Crippen LogP contribution < -0.4 is 10.6 Å². The van der Waals surface area contributed by atoms with Gasteiger partial charge in [0, 0.05) is 26.4 Å². The summed E-state index contributed by atoms with van der Waals surface area (Å²) >= 11 is 0. The average Bonchev–Trinajstić information content (AvgIpc) is 3.12. The number of nitrogens with one attached hydrogen (secondary N) is 2. The van der Waals surface area contributed by atoms with Gasteiger partial charge in [-0.1, -0.05) is 6.07 Å². The van der Waals surface area contributed by atoms with E-state index in [1.807, 2.05) is 31.1 Å². The van der Waals surface area contributed by atoms with Crippen molar-refractivity contribution in [2.45, 2.75) is 18.3 Å². The number of nitrogens with zero attached hydrogens (tertiary/aromatic N) is 2. The summed E-state index contributed by atoms with van der Waals surface area (Å²) in [4.78, 5) is 6.20. The first-order valence-corrected chi connectivity index (χ1v) is 10.8. The molecule has 0 aliphatic rings. The molecule has 1 unspecified atom stereocenters. The second kappa shape index (κ2) is 11.5. The quantitative estimate of drug-likeness (QED) is 0.305. The number of hydrogen-bond donors (Lipinski definition) is 2. The van der Waals surface area contributed by atoms with Crippen molar-refractivity contribution in [1.29, 1.82) is 0 Å². The number of halogens is 2. The molecule has 0 spiro atoms. The predicted molar refractivity (Wildman–Crippen MR) is 124 cm³/mol. The molecule has 1 aromatic carbocycles. The molecule has 0 saturated heterocycles. The van der Waals surface area contributed by atoms with E-state index in [0.29, 0.717) is 23.6 Å². The minimum absolute atomic E-state index is 0. The molecule has 1 aromatic heterocycles. The fourth-order valence-corrected chi connectivity index (χ4v) is 3.64. The Balaban J connectivity index is 0.00000420. The Morgan fingerprint density at radius 2 is 1.97 bits per heavy atom. The number of hydrogen-bond acceptors (Lipinski definition) is 5. The molecular formula is C19H28FIN4O3S. The zero-order valence-corrected chi connectivity index (χ0v) is 20.1. The Morgan fingerprint density at radius 3 is 2.52 bits per heavy atom. The Labute approximate surface area is 188 Å². The number of sulfone groups is 1. The molecule has 29 heavy (non-hydrogen) atoms. The molecule has 0 aliphatic heterocycles. The summed E-state index contributed by atoms with van der Waals surface area (Å²) in [7, 11) is 2.32. The van der Waals surface area contributed by atoms with Crippen LogP contribution in [0.25, 0.3) is 0 Å². The summed E-state index contributed by atoms with van der Waals surface area (Å²) in [6.07, 6.45) is 2.79. The lowest BCUT2D eigenvalue weighted by molar-refractivity contribution is 0.258. The lowest BCUT2D eigenvalue weighted by atomic mass is 10.1. The monoisotopic (exact) mass is 538 g/mol. The van der Waals surface area contributed by atoms with E-state index in [4.69, 9.17) is 4.42 Å². The van der Waals surface area contributed by atoms with Gasteiger partial charge in [0.1, 0.15) is 11.6 Å². The van der Waals surface area contributed by atoms with E-state index in [-0.39, 0.29) is 42.3 Å². The first-order chi connectivity index (χ1) is 13.2. The number of rotatable bonds is 8. The molecule has 0 bridgehead atoms. The maximum absolute atomic E-state index is 13.6. The zero-order chi connectivity index (χ0) is 20.7. The van der Waals surface area contributed by atoms with E-state index in [1.54, 1.807) is 13.3 Å². The van der Waals surface area contributed by atoms with Gasteiger partial charge in [0.2, 0.25) is 0 Å². The summed E-state index contributed by atoms with van der Waals surface area (Å²) in [5, 5.41) is 6.32. The molecule has 0 aliphatic carbocycles. The van der Waals surface area contributed by atoms with Gasteiger partial charge >= 0.3 is 0 Å². The minimum Gasteiger partial charge on any atom is -0.468 e. The Bertz CT molecular complexity index is 902. The molecule has 0 radical (unpaired) electrons. The molecule has 2 aromatic rings. The van der Waals surface area contributed by atoms with Crippen LogP contribution in [-0.2, 0) is 22.1 Å². The minimum atomic E-state index is -3.22. The second-order valence-corrected chi connectivity index (χ2v) is 8.92. The Kier molecular flexibility index (Phi) is 10.1. The largest absolute Gasteiger partial charge is 0.468 e. The van der Waals surface area contributed by atoms with Crippen LogP contribution in [-0.4, -0.2) is 53.2 Å². The van der Waals surface area contributed by atoms with Crippen molar-refractivity contribution >= 4 is 39.8 Å². The highest BCUT2D eigenvalue weighted by Gasteiger charge is 2.17. The number of furan rings is 1. The summed E-state index contributed by atoms with van der Waals surface area (Å²) < 4.78 is 42.4. The van der Waals surface area contributed by atoms with Crippen LogP contribution in [0, 0.1) is 5.82 Å². The molecule has 7 nitrogen and oxygen atoms in total. The normalized spacial score (nSPS) is 13.1. The topological polar surface area (TPSA) is 86.9 Å². The third kappa shape index (κ3) is 8.31. The van der Waals surface area contributed by atoms with Crippen molar-refractivity contribution in [3.05, 3.63) is 59.3 Å². The Morgan fingerprint density at radius 1 is 1.24 bits per heavy atom. The highest BCUT2D eigenvalue weighted by Crippen LogP contribution is 2.17.